The molecule has 6 nitrogen and oxygen atoms in total. The van der Waals surface area contributed by atoms with Gasteiger partial charge in [0, 0.05) is 5.92 Å². The number of fused-ring (bicyclic) bond motifs is 1. The molecule has 1 aromatic carbocycles. The molecule has 1 aromatic rings. The van der Waals surface area contributed by atoms with E-state index in [4.69, 9.17) is 9.47 Å². The molecule has 8 heteroatoms. The van der Waals surface area contributed by atoms with Crippen LogP contribution in [0.1, 0.15) is 0 Å². The van der Waals surface area contributed by atoms with Gasteiger partial charge in [-0.25, -0.2) is 8.42 Å². The number of carbonyl (C=O) groups excluding carboxylic acids is 1. The zero-order chi connectivity index (χ0) is 18.6. The molecule has 1 atom stereocenters. The Bertz CT molecular complexity index is 856. The molecule has 0 spiro atoms. The van der Waals surface area contributed by atoms with Gasteiger partial charge >= 0.3 is 5.97 Å². The highest BCUT2D eigenvalue weighted by Gasteiger charge is 2.28. The second kappa shape index (κ2) is 8.11. The maximum atomic E-state index is 13.0. The number of hydrogen-bond donors (Lipinski definition) is 0. The highest BCUT2D eigenvalue weighted by atomic mass is 32.2. The summed E-state index contributed by atoms with van der Waals surface area (Å²) in [5, 5.41) is 0. The number of sulfonamides is 1. The molecule has 26 heavy (non-hydrogen) atoms. The van der Waals surface area contributed by atoms with Gasteiger partial charge in [-0.2, -0.15) is 4.31 Å². The molecule has 0 amide bonds. The SMILES string of the molecule is COc1ccc(S(=O)(=O)N2CSC3=CC=CC3/C=C\COC(=O)C2)cc1. The van der Waals surface area contributed by atoms with E-state index in [0.29, 0.717) is 5.75 Å². The second-order valence-corrected chi connectivity index (χ2v) is 8.61. The van der Waals surface area contributed by atoms with E-state index in [9.17, 15) is 13.2 Å². The van der Waals surface area contributed by atoms with Crippen molar-refractivity contribution in [1.29, 1.82) is 0 Å². The molecule has 0 radical (unpaired) electrons. The number of hydrogen-bond acceptors (Lipinski definition) is 6. The van der Waals surface area contributed by atoms with Gasteiger partial charge in [-0.05, 0) is 29.2 Å². The van der Waals surface area contributed by atoms with Crippen molar-refractivity contribution in [2.45, 2.75) is 4.90 Å². The lowest BCUT2D eigenvalue weighted by Gasteiger charge is -2.21. The van der Waals surface area contributed by atoms with Gasteiger partial charge in [-0.15, -0.1) is 11.8 Å². The summed E-state index contributed by atoms with van der Waals surface area (Å²) < 4.78 is 37.3. The van der Waals surface area contributed by atoms with E-state index in [1.807, 2.05) is 24.3 Å². The maximum absolute atomic E-state index is 13.0. The van der Waals surface area contributed by atoms with Crippen LogP contribution in [-0.4, -0.2) is 44.8 Å². The van der Waals surface area contributed by atoms with Crippen LogP contribution in [0.2, 0.25) is 0 Å². The first-order valence-corrected chi connectivity index (χ1v) is 10.4. The van der Waals surface area contributed by atoms with Gasteiger partial charge in [-0.3, -0.25) is 4.79 Å². The van der Waals surface area contributed by atoms with E-state index >= 15 is 0 Å². The third kappa shape index (κ3) is 4.20. The van der Waals surface area contributed by atoms with Gasteiger partial charge in [0.05, 0.1) is 17.9 Å². The summed E-state index contributed by atoms with van der Waals surface area (Å²) in [6, 6.07) is 6.09. The Balaban J connectivity index is 1.86. The number of rotatable bonds is 3. The van der Waals surface area contributed by atoms with Crippen LogP contribution in [0.3, 0.4) is 0 Å². The molecule has 0 N–H and O–H groups in total. The van der Waals surface area contributed by atoms with Crippen molar-refractivity contribution < 1.29 is 22.7 Å². The minimum Gasteiger partial charge on any atom is -0.497 e. The fourth-order valence-electron chi connectivity index (χ4n) is 2.56. The molecule has 0 bridgehead atoms. The minimum absolute atomic E-state index is 0.0855. The number of methoxy groups -OCH3 is 1. The Morgan fingerprint density at radius 3 is 2.73 bits per heavy atom. The largest absolute Gasteiger partial charge is 0.497 e. The zero-order valence-corrected chi connectivity index (χ0v) is 15.8. The molecule has 1 aliphatic heterocycles. The molecule has 3 rings (SSSR count). The van der Waals surface area contributed by atoms with Crippen LogP contribution in [0.25, 0.3) is 0 Å². The van der Waals surface area contributed by atoms with Gasteiger partial charge < -0.3 is 9.47 Å². The first kappa shape index (κ1) is 18.8. The minimum atomic E-state index is -3.84. The Hall–Kier alpha value is -2.03. The second-order valence-electron chi connectivity index (χ2n) is 5.65. The molecule has 138 valence electrons. The number of nitrogens with zero attached hydrogens (tertiary/aromatic N) is 1. The number of allylic oxidation sites excluding steroid dienone is 5. The summed E-state index contributed by atoms with van der Waals surface area (Å²) in [4.78, 5) is 13.2. The van der Waals surface area contributed by atoms with E-state index < -0.39 is 16.0 Å². The third-order valence-electron chi connectivity index (χ3n) is 3.97. The van der Waals surface area contributed by atoms with E-state index in [1.165, 1.54) is 31.0 Å². The number of benzene rings is 1. The van der Waals surface area contributed by atoms with Crippen LogP contribution in [0.5, 0.6) is 5.75 Å². The lowest BCUT2D eigenvalue weighted by molar-refractivity contribution is -0.142. The van der Waals surface area contributed by atoms with Crippen LogP contribution in [-0.2, 0) is 19.6 Å². The topological polar surface area (TPSA) is 72.9 Å². The van der Waals surface area contributed by atoms with E-state index in [0.717, 1.165) is 9.21 Å². The first-order chi connectivity index (χ1) is 12.5. The molecule has 0 fully saturated rings. The van der Waals surface area contributed by atoms with Crippen LogP contribution in [0, 0.1) is 5.92 Å². The van der Waals surface area contributed by atoms with Crippen molar-refractivity contribution >= 4 is 27.8 Å². The number of ether oxygens (including phenoxy) is 2. The Morgan fingerprint density at radius 1 is 1.23 bits per heavy atom. The quantitative estimate of drug-likeness (QED) is 0.581. The van der Waals surface area contributed by atoms with Crippen molar-refractivity contribution in [3.63, 3.8) is 0 Å². The Kier molecular flexibility index (Phi) is 5.85. The van der Waals surface area contributed by atoms with Gasteiger partial charge in [0.25, 0.3) is 0 Å². The molecule has 1 heterocycles. The van der Waals surface area contributed by atoms with E-state index in [-0.39, 0.29) is 29.8 Å². The van der Waals surface area contributed by atoms with Crippen LogP contribution in [0.15, 0.2) is 64.4 Å². The van der Waals surface area contributed by atoms with Gasteiger partial charge in [-0.1, -0.05) is 30.4 Å². The zero-order valence-electron chi connectivity index (χ0n) is 14.2. The molecular weight excluding hydrogens is 374 g/mol. The lowest BCUT2D eigenvalue weighted by atomic mass is 10.1. The third-order valence-corrected chi connectivity index (χ3v) is 7.12. The van der Waals surface area contributed by atoms with Crippen molar-refractivity contribution in [2.24, 2.45) is 5.92 Å². The monoisotopic (exact) mass is 393 g/mol. The standard InChI is InChI=1S/C18H19NO5S2/c1-23-15-7-9-16(10-8-15)26(21,22)19-12-18(20)24-11-3-5-14-4-2-6-17(14)25-13-19/h2-10,14H,11-13H2,1H3/b5-3-. The Morgan fingerprint density at radius 2 is 2.00 bits per heavy atom. The van der Waals surface area contributed by atoms with Crippen molar-refractivity contribution in [2.75, 3.05) is 26.1 Å². The smallest absolute Gasteiger partial charge is 0.321 e. The van der Waals surface area contributed by atoms with Crippen molar-refractivity contribution in [3.05, 3.63) is 59.6 Å². The number of cyclic esters (lactones) is 1. The maximum Gasteiger partial charge on any atom is 0.321 e. The molecule has 0 aromatic heterocycles. The highest BCUT2D eigenvalue weighted by molar-refractivity contribution is 8.03. The highest BCUT2D eigenvalue weighted by Crippen LogP contribution is 2.33. The fraction of sp³-hybridized carbons (Fsp3) is 0.278. The normalized spacial score (nSPS) is 22.7. The van der Waals surface area contributed by atoms with Gasteiger partial charge in [0.1, 0.15) is 18.9 Å². The number of esters is 1. The first-order valence-electron chi connectivity index (χ1n) is 7.98. The molecular formula is C18H19NO5S2. The van der Waals surface area contributed by atoms with Gasteiger partial charge in [0.2, 0.25) is 10.0 Å². The van der Waals surface area contributed by atoms with Crippen LogP contribution < -0.4 is 4.74 Å². The number of carbonyl (C=O) groups is 1. The molecule has 2 aliphatic rings. The predicted octanol–water partition coefficient (Wildman–Crippen LogP) is 2.56. The Labute approximate surface area is 157 Å². The van der Waals surface area contributed by atoms with Gasteiger partial charge in [0.15, 0.2) is 0 Å². The van der Waals surface area contributed by atoms with E-state index in [1.54, 1.807) is 18.2 Å². The molecule has 1 unspecified atom stereocenters. The lowest BCUT2D eigenvalue weighted by Crippen LogP contribution is -2.36. The summed E-state index contributed by atoms with van der Waals surface area (Å²) in [6.45, 7) is -0.210. The average molecular weight is 393 g/mol. The summed E-state index contributed by atoms with van der Waals surface area (Å²) in [7, 11) is -2.33. The molecule has 0 saturated carbocycles. The fourth-order valence-corrected chi connectivity index (χ4v) is 5.23. The summed E-state index contributed by atoms with van der Waals surface area (Å²) in [5.74, 6) is 0.193. The summed E-state index contributed by atoms with van der Waals surface area (Å²) >= 11 is 1.40. The average Bonchev–Trinajstić information content (AvgIpc) is 3.08. The molecule has 0 saturated heterocycles. The summed E-state index contributed by atoms with van der Waals surface area (Å²) in [5.41, 5.74) is 0. The van der Waals surface area contributed by atoms with Crippen LogP contribution >= 0.6 is 11.8 Å². The number of thioether (sulfide) groups is 1. The molecule has 1 aliphatic carbocycles. The predicted molar refractivity (Wildman–Crippen MR) is 100 cm³/mol. The van der Waals surface area contributed by atoms with Crippen LogP contribution in [0.4, 0.5) is 0 Å². The van der Waals surface area contributed by atoms with Crippen molar-refractivity contribution in [3.8, 4) is 5.75 Å². The summed E-state index contributed by atoms with van der Waals surface area (Å²) in [6.07, 6.45) is 9.64. The van der Waals surface area contributed by atoms with E-state index in [2.05, 4.69) is 0 Å². The van der Waals surface area contributed by atoms with Crippen molar-refractivity contribution in [1.82, 2.24) is 4.31 Å².